The van der Waals surface area contributed by atoms with Crippen LogP contribution in [0.3, 0.4) is 0 Å². The highest BCUT2D eigenvalue weighted by Crippen LogP contribution is 2.36. The van der Waals surface area contributed by atoms with Gasteiger partial charge in [-0.05, 0) is 112 Å². The van der Waals surface area contributed by atoms with E-state index in [1.807, 2.05) is 61.2 Å². The van der Waals surface area contributed by atoms with Crippen molar-refractivity contribution in [2.24, 2.45) is 0 Å². The quantitative estimate of drug-likeness (QED) is 0.212. The van der Waals surface area contributed by atoms with Gasteiger partial charge in [-0.3, -0.25) is 19.9 Å². The summed E-state index contributed by atoms with van der Waals surface area (Å²) in [7, 11) is 0. The largest absolute Gasteiger partial charge is 0.264 e. The van der Waals surface area contributed by atoms with Crippen molar-refractivity contribution in [2.45, 2.75) is 0 Å². The van der Waals surface area contributed by atoms with Gasteiger partial charge in [-0.25, -0.2) is 0 Å². The van der Waals surface area contributed by atoms with Crippen molar-refractivity contribution in [2.75, 3.05) is 0 Å². The molecule has 0 aliphatic carbocycles. The van der Waals surface area contributed by atoms with E-state index < -0.39 is 0 Å². The molecule has 3 aromatic carbocycles. The van der Waals surface area contributed by atoms with Gasteiger partial charge in [-0.15, -0.1) is 0 Å². The van der Waals surface area contributed by atoms with Gasteiger partial charge in [0.25, 0.3) is 0 Å². The molecule has 4 heterocycles. The molecule has 7 aromatic rings. The van der Waals surface area contributed by atoms with Crippen LogP contribution in [0.25, 0.3) is 66.9 Å². The van der Waals surface area contributed by atoms with E-state index >= 15 is 0 Å². The van der Waals surface area contributed by atoms with Crippen molar-refractivity contribution in [1.29, 1.82) is 0 Å². The molecule has 198 valence electrons. The fourth-order valence-corrected chi connectivity index (χ4v) is 5.25. The van der Waals surface area contributed by atoms with Gasteiger partial charge in [0.05, 0.1) is 5.69 Å². The first-order valence-corrected chi connectivity index (χ1v) is 13.8. The van der Waals surface area contributed by atoms with E-state index in [4.69, 9.17) is 0 Å². The molecule has 4 nitrogen and oxygen atoms in total. The fraction of sp³-hybridized carbons (Fsp3) is 0. The van der Waals surface area contributed by atoms with Crippen LogP contribution in [0.4, 0.5) is 0 Å². The number of nitrogens with zero attached hydrogens (tertiary/aromatic N) is 4. The molecule has 0 spiro atoms. The lowest BCUT2D eigenvalue weighted by molar-refractivity contribution is 1.32. The molecule has 0 saturated carbocycles. The Morgan fingerprint density at radius 3 is 1.10 bits per heavy atom. The van der Waals surface area contributed by atoms with Gasteiger partial charge < -0.3 is 0 Å². The molecule has 4 heteroatoms. The Kier molecular flexibility index (Phi) is 6.85. The topological polar surface area (TPSA) is 51.6 Å². The Labute approximate surface area is 245 Å². The Bertz CT molecular complexity index is 1700. The second-order valence-corrected chi connectivity index (χ2v) is 10.1. The smallest absolute Gasteiger partial charge is 0.0702 e. The predicted molar refractivity (Wildman–Crippen MR) is 170 cm³/mol. The highest BCUT2D eigenvalue weighted by molar-refractivity contribution is 5.84. The average Bonchev–Trinajstić information content (AvgIpc) is 3.09. The van der Waals surface area contributed by atoms with E-state index in [1.54, 1.807) is 18.6 Å². The summed E-state index contributed by atoms with van der Waals surface area (Å²) in [6.07, 6.45) is 13.0. The van der Waals surface area contributed by atoms with Crippen LogP contribution in [0.1, 0.15) is 0 Å². The summed E-state index contributed by atoms with van der Waals surface area (Å²) < 4.78 is 0. The van der Waals surface area contributed by atoms with Crippen LogP contribution < -0.4 is 0 Å². The van der Waals surface area contributed by atoms with Gasteiger partial charge in [0.15, 0.2) is 0 Å². The third-order valence-electron chi connectivity index (χ3n) is 7.34. The minimum Gasteiger partial charge on any atom is -0.264 e. The molecule has 0 atom stereocenters. The summed E-state index contributed by atoms with van der Waals surface area (Å²) in [5.41, 5.74) is 13.1. The molecule has 0 aliphatic rings. The normalized spacial score (nSPS) is 10.9. The first-order valence-electron chi connectivity index (χ1n) is 13.8. The molecule has 0 amide bonds. The van der Waals surface area contributed by atoms with Crippen LogP contribution in [0.5, 0.6) is 0 Å². The van der Waals surface area contributed by atoms with Gasteiger partial charge in [-0.1, -0.05) is 42.5 Å². The zero-order valence-corrected chi connectivity index (χ0v) is 22.8. The van der Waals surface area contributed by atoms with Gasteiger partial charge >= 0.3 is 0 Å². The predicted octanol–water partition coefficient (Wildman–Crippen LogP) is 9.27. The van der Waals surface area contributed by atoms with Crippen LogP contribution in [-0.2, 0) is 0 Å². The van der Waals surface area contributed by atoms with E-state index in [2.05, 4.69) is 98.8 Å². The number of benzene rings is 3. The molecule has 0 aliphatic heterocycles. The lowest BCUT2D eigenvalue weighted by atomic mass is 9.91. The van der Waals surface area contributed by atoms with Gasteiger partial charge in [0, 0.05) is 65.6 Å². The van der Waals surface area contributed by atoms with Crippen molar-refractivity contribution in [1.82, 2.24) is 19.9 Å². The first-order chi connectivity index (χ1) is 20.8. The Balaban J connectivity index is 1.37. The summed E-state index contributed by atoms with van der Waals surface area (Å²) in [4.78, 5) is 17.7. The SMILES string of the molecule is c1ccc(-c2cc(-c3cccnc3)cc(-c3cccc(-c4cc(-c5cccnc5)cc(-c5cccnc5)c4)c3)c2)nc1. The van der Waals surface area contributed by atoms with E-state index in [9.17, 15) is 0 Å². The second-order valence-electron chi connectivity index (χ2n) is 10.1. The highest BCUT2D eigenvalue weighted by Gasteiger charge is 2.11. The Morgan fingerprint density at radius 1 is 0.286 bits per heavy atom. The number of aromatic nitrogens is 4. The lowest BCUT2D eigenvalue weighted by Crippen LogP contribution is -1.90. The third-order valence-corrected chi connectivity index (χ3v) is 7.34. The summed E-state index contributed by atoms with van der Waals surface area (Å²) in [5.74, 6) is 0. The van der Waals surface area contributed by atoms with Crippen LogP contribution in [0.2, 0.25) is 0 Å². The molecule has 42 heavy (non-hydrogen) atoms. The average molecular weight is 539 g/mol. The van der Waals surface area contributed by atoms with E-state index in [-0.39, 0.29) is 0 Å². The lowest BCUT2D eigenvalue weighted by Gasteiger charge is -2.13. The first kappa shape index (κ1) is 25.2. The number of hydrogen-bond donors (Lipinski definition) is 0. The third kappa shape index (κ3) is 5.34. The molecular weight excluding hydrogens is 512 g/mol. The molecular formula is C38H26N4. The van der Waals surface area contributed by atoms with E-state index in [0.29, 0.717) is 0 Å². The maximum Gasteiger partial charge on any atom is 0.0702 e. The molecule has 0 saturated heterocycles. The summed E-state index contributed by atoms with van der Waals surface area (Å²) in [6.45, 7) is 0. The van der Waals surface area contributed by atoms with Crippen molar-refractivity contribution in [3.05, 3.63) is 159 Å². The maximum atomic E-state index is 4.63. The van der Waals surface area contributed by atoms with E-state index in [0.717, 1.165) is 66.9 Å². The molecule has 0 bridgehead atoms. The van der Waals surface area contributed by atoms with Crippen molar-refractivity contribution in [3.63, 3.8) is 0 Å². The minimum absolute atomic E-state index is 0.936. The number of rotatable bonds is 6. The zero-order valence-electron chi connectivity index (χ0n) is 22.8. The van der Waals surface area contributed by atoms with Gasteiger partial charge in [0.1, 0.15) is 0 Å². The summed E-state index contributed by atoms with van der Waals surface area (Å²) in [6, 6.07) is 40.3. The standard InChI is InChI=1S/C38H26N4/c1-2-16-42-38(12-1)37-22-33(20-36(23-37)31-11-6-15-41-26-31)28-8-3-7-27(17-28)32-18-34(29-9-4-13-39-24-29)21-35(19-32)30-10-5-14-40-25-30/h1-26H. The van der Waals surface area contributed by atoms with Crippen molar-refractivity contribution in [3.8, 4) is 66.9 Å². The Hall–Kier alpha value is -5.74. The highest BCUT2D eigenvalue weighted by atomic mass is 14.7. The van der Waals surface area contributed by atoms with E-state index in [1.165, 1.54) is 0 Å². The molecule has 0 radical (unpaired) electrons. The van der Waals surface area contributed by atoms with Crippen LogP contribution in [-0.4, -0.2) is 19.9 Å². The van der Waals surface area contributed by atoms with Crippen LogP contribution in [0.15, 0.2) is 159 Å². The number of pyridine rings is 4. The summed E-state index contributed by atoms with van der Waals surface area (Å²) in [5, 5.41) is 0. The Morgan fingerprint density at radius 2 is 0.690 bits per heavy atom. The second kappa shape index (κ2) is 11.4. The van der Waals surface area contributed by atoms with Gasteiger partial charge in [-0.2, -0.15) is 0 Å². The number of hydrogen-bond acceptors (Lipinski definition) is 4. The van der Waals surface area contributed by atoms with Crippen molar-refractivity contribution >= 4 is 0 Å². The minimum atomic E-state index is 0.936. The van der Waals surface area contributed by atoms with Gasteiger partial charge in [0.2, 0.25) is 0 Å². The van der Waals surface area contributed by atoms with Crippen molar-refractivity contribution < 1.29 is 0 Å². The zero-order chi connectivity index (χ0) is 28.1. The molecule has 0 unspecified atom stereocenters. The fourth-order valence-electron chi connectivity index (χ4n) is 5.25. The molecule has 7 rings (SSSR count). The maximum absolute atomic E-state index is 4.63. The molecule has 4 aromatic heterocycles. The molecule has 0 N–H and O–H groups in total. The monoisotopic (exact) mass is 538 g/mol. The molecule has 0 fully saturated rings. The van der Waals surface area contributed by atoms with Crippen LogP contribution in [0, 0.1) is 0 Å². The summed E-state index contributed by atoms with van der Waals surface area (Å²) >= 11 is 0. The van der Waals surface area contributed by atoms with Crippen LogP contribution >= 0.6 is 0 Å².